The average molecular weight is 406 g/mol. The predicted molar refractivity (Wildman–Crippen MR) is 116 cm³/mol. The first-order valence-electron chi connectivity index (χ1n) is 9.38. The van der Waals surface area contributed by atoms with Gasteiger partial charge < -0.3 is 10.6 Å². The lowest BCUT2D eigenvalue weighted by Gasteiger charge is -2.25. The van der Waals surface area contributed by atoms with E-state index in [1.165, 1.54) is 11.8 Å². The normalized spacial score (nSPS) is 16.2. The van der Waals surface area contributed by atoms with E-state index in [-0.39, 0.29) is 29.9 Å². The van der Waals surface area contributed by atoms with Crippen molar-refractivity contribution in [3.8, 4) is 6.07 Å². The Labute approximate surface area is 175 Å². The fraction of sp³-hybridized carbons (Fsp3) is 0.261. The van der Waals surface area contributed by atoms with Crippen molar-refractivity contribution in [3.05, 3.63) is 75.3 Å². The maximum absolute atomic E-state index is 12.4. The van der Waals surface area contributed by atoms with E-state index in [1.54, 1.807) is 0 Å². The van der Waals surface area contributed by atoms with Crippen LogP contribution in [-0.4, -0.2) is 17.6 Å². The van der Waals surface area contributed by atoms with Gasteiger partial charge in [0.2, 0.25) is 11.8 Å². The summed E-state index contributed by atoms with van der Waals surface area (Å²) in [6, 6.07) is 15.8. The zero-order valence-corrected chi connectivity index (χ0v) is 17.5. The lowest BCUT2D eigenvalue weighted by atomic mass is 9.87. The van der Waals surface area contributed by atoms with Gasteiger partial charge in [0, 0.05) is 18.0 Å². The summed E-state index contributed by atoms with van der Waals surface area (Å²) in [5.74, 6) is -0.513. The van der Waals surface area contributed by atoms with E-state index in [9.17, 15) is 14.9 Å². The van der Waals surface area contributed by atoms with Gasteiger partial charge in [-0.1, -0.05) is 53.7 Å². The number of rotatable bonds is 5. The van der Waals surface area contributed by atoms with Crippen LogP contribution in [0.5, 0.6) is 0 Å². The second-order valence-corrected chi connectivity index (χ2v) is 8.14. The number of nitrogens with zero attached hydrogens (tertiary/aromatic N) is 1. The number of carbonyl (C=O) groups excluding carboxylic acids is 2. The maximum atomic E-state index is 12.4. The van der Waals surface area contributed by atoms with Crippen LogP contribution in [0.15, 0.2) is 53.1 Å². The number of aryl methyl sites for hydroxylation is 2. The molecule has 0 fully saturated rings. The largest absolute Gasteiger partial charge is 0.325 e. The van der Waals surface area contributed by atoms with E-state index in [0.717, 1.165) is 27.9 Å². The summed E-state index contributed by atoms with van der Waals surface area (Å²) in [6.07, 6.45) is 0.227. The van der Waals surface area contributed by atoms with E-state index in [4.69, 9.17) is 0 Å². The van der Waals surface area contributed by atoms with Crippen LogP contribution in [0.3, 0.4) is 0 Å². The molecule has 2 aromatic rings. The van der Waals surface area contributed by atoms with E-state index in [0.29, 0.717) is 10.6 Å². The van der Waals surface area contributed by atoms with Gasteiger partial charge in [-0.3, -0.25) is 9.59 Å². The van der Waals surface area contributed by atoms with Crippen molar-refractivity contribution in [1.29, 1.82) is 5.26 Å². The lowest BCUT2D eigenvalue weighted by Crippen LogP contribution is -2.31. The molecule has 148 valence electrons. The minimum atomic E-state index is -0.293. The Morgan fingerprint density at radius 2 is 1.93 bits per heavy atom. The number of allylic oxidation sites excluding steroid dienone is 1. The smallest absolute Gasteiger partial charge is 0.234 e. The van der Waals surface area contributed by atoms with Crippen LogP contribution in [0.2, 0.25) is 0 Å². The third-order valence-corrected chi connectivity index (χ3v) is 6.08. The van der Waals surface area contributed by atoms with Gasteiger partial charge in [0.05, 0.1) is 22.4 Å². The summed E-state index contributed by atoms with van der Waals surface area (Å²) < 4.78 is 0. The highest BCUT2D eigenvalue weighted by Crippen LogP contribution is 2.36. The Morgan fingerprint density at radius 3 is 2.62 bits per heavy atom. The van der Waals surface area contributed by atoms with E-state index in [2.05, 4.69) is 16.7 Å². The van der Waals surface area contributed by atoms with E-state index in [1.807, 2.05) is 63.2 Å². The summed E-state index contributed by atoms with van der Waals surface area (Å²) in [4.78, 5) is 24.7. The van der Waals surface area contributed by atoms with Gasteiger partial charge in [0.1, 0.15) is 0 Å². The summed E-state index contributed by atoms with van der Waals surface area (Å²) >= 11 is 1.19. The number of thioether (sulfide) groups is 1. The first-order valence-corrected chi connectivity index (χ1v) is 10.4. The number of nitrogens with one attached hydrogen (secondary N) is 2. The molecule has 0 radical (unpaired) electrons. The minimum absolute atomic E-state index is 0.106. The molecule has 0 aliphatic carbocycles. The molecule has 0 saturated heterocycles. The van der Waals surface area contributed by atoms with E-state index < -0.39 is 0 Å². The summed E-state index contributed by atoms with van der Waals surface area (Å²) in [7, 11) is 0. The van der Waals surface area contributed by atoms with Gasteiger partial charge in [-0.15, -0.1) is 0 Å². The van der Waals surface area contributed by atoms with Crippen LogP contribution < -0.4 is 10.6 Å². The topological polar surface area (TPSA) is 82.0 Å². The molecule has 2 N–H and O–H groups in total. The van der Waals surface area contributed by atoms with Crippen LogP contribution in [0.1, 0.15) is 34.6 Å². The van der Waals surface area contributed by atoms with Crippen molar-refractivity contribution >= 4 is 29.3 Å². The molecule has 0 saturated carbocycles. The second kappa shape index (κ2) is 8.97. The number of benzene rings is 2. The third kappa shape index (κ3) is 4.87. The lowest BCUT2D eigenvalue weighted by molar-refractivity contribution is -0.121. The highest BCUT2D eigenvalue weighted by molar-refractivity contribution is 8.03. The number of carbonyl (C=O) groups is 2. The predicted octanol–water partition coefficient (Wildman–Crippen LogP) is 4.32. The van der Waals surface area contributed by atoms with Crippen molar-refractivity contribution in [2.45, 2.75) is 33.1 Å². The number of amides is 2. The molecule has 2 aromatic carbocycles. The SMILES string of the molecule is Cc1ccc([C@H]2CC(=O)NC(SCC(=O)Nc3cccc(C)c3C)=C2C#N)cc1. The van der Waals surface area contributed by atoms with Crippen molar-refractivity contribution in [2.75, 3.05) is 11.1 Å². The van der Waals surface area contributed by atoms with Crippen LogP contribution in [0.25, 0.3) is 0 Å². The summed E-state index contributed by atoms with van der Waals surface area (Å²) in [6.45, 7) is 5.95. The van der Waals surface area contributed by atoms with Gasteiger partial charge in [0.25, 0.3) is 0 Å². The third-order valence-electron chi connectivity index (χ3n) is 5.06. The zero-order chi connectivity index (χ0) is 21.0. The number of nitriles is 1. The average Bonchev–Trinajstić information content (AvgIpc) is 2.70. The Balaban J connectivity index is 1.76. The number of hydrogen-bond donors (Lipinski definition) is 2. The molecular weight excluding hydrogens is 382 g/mol. The highest BCUT2D eigenvalue weighted by atomic mass is 32.2. The second-order valence-electron chi connectivity index (χ2n) is 7.15. The Hall–Kier alpha value is -3.04. The van der Waals surface area contributed by atoms with Crippen LogP contribution in [0.4, 0.5) is 5.69 Å². The molecule has 1 aliphatic heterocycles. The molecular formula is C23H23N3O2S. The van der Waals surface area contributed by atoms with Gasteiger partial charge in [0.15, 0.2) is 0 Å². The monoisotopic (exact) mass is 405 g/mol. The maximum Gasteiger partial charge on any atom is 0.234 e. The van der Waals surface area contributed by atoms with Crippen molar-refractivity contribution in [2.24, 2.45) is 0 Å². The summed E-state index contributed by atoms with van der Waals surface area (Å²) in [5.41, 5.74) is 5.45. The molecule has 1 atom stereocenters. The fourth-order valence-electron chi connectivity index (χ4n) is 3.23. The number of hydrogen-bond acceptors (Lipinski definition) is 4. The standard InChI is InChI=1S/C23H23N3O2S/c1-14-7-9-17(10-8-14)18-11-21(27)26-23(19(18)12-24)29-13-22(28)25-20-6-4-5-15(2)16(20)3/h4-10,18H,11,13H2,1-3H3,(H,25,28)(H,26,27)/t18-/m1/s1. The Bertz CT molecular complexity index is 1020. The summed E-state index contributed by atoms with van der Waals surface area (Å²) in [5, 5.41) is 15.9. The molecule has 5 nitrogen and oxygen atoms in total. The van der Waals surface area contributed by atoms with Crippen molar-refractivity contribution in [3.63, 3.8) is 0 Å². The molecule has 0 unspecified atom stereocenters. The van der Waals surface area contributed by atoms with Crippen molar-refractivity contribution < 1.29 is 9.59 Å². The highest BCUT2D eigenvalue weighted by Gasteiger charge is 2.29. The first-order chi connectivity index (χ1) is 13.9. The number of anilines is 1. The molecule has 3 rings (SSSR count). The minimum Gasteiger partial charge on any atom is -0.325 e. The molecule has 1 aliphatic rings. The zero-order valence-electron chi connectivity index (χ0n) is 16.7. The molecule has 29 heavy (non-hydrogen) atoms. The van der Waals surface area contributed by atoms with Crippen LogP contribution in [0, 0.1) is 32.1 Å². The molecule has 0 spiro atoms. The van der Waals surface area contributed by atoms with Gasteiger partial charge >= 0.3 is 0 Å². The molecule has 0 aromatic heterocycles. The Kier molecular flexibility index (Phi) is 6.40. The van der Waals surface area contributed by atoms with Gasteiger partial charge in [-0.05, 0) is 43.5 Å². The van der Waals surface area contributed by atoms with Crippen LogP contribution >= 0.6 is 11.8 Å². The Morgan fingerprint density at radius 1 is 1.21 bits per heavy atom. The molecule has 1 heterocycles. The molecule has 6 heteroatoms. The molecule has 0 bridgehead atoms. The van der Waals surface area contributed by atoms with Crippen LogP contribution in [-0.2, 0) is 9.59 Å². The quantitative estimate of drug-likeness (QED) is 0.776. The molecule has 2 amide bonds. The fourth-order valence-corrected chi connectivity index (χ4v) is 4.10. The van der Waals surface area contributed by atoms with Gasteiger partial charge in [-0.25, -0.2) is 0 Å². The first kappa shape index (κ1) is 20.7. The van der Waals surface area contributed by atoms with Gasteiger partial charge in [-0.2, -0.15) is 5.26 Å². The van der Waals surface area contributed by atoms with E-state index >= 15 is 0 Å². The van der Waals surface area contributed by atoms with Crippen molar-refractivity contribution in [1.82, 2.24) is 5.32 Å².